The number of rotatable bonds is 5. The number of benzene rings is 1. The summed E-state index contributed by atoms with van der Waals surface area (Å²) >= 11 is 6.39. The van der Waals surface area contributed by atoms with Gasteiger partial charge in [0.2, 0.25) is 0 Å². The fraction of sp³-hybridized carbons (Fsp3) is 0.500. The van der Waals surface area contributed by atoms with Crippen molar-refractivity contribution in [2.45, 2.75) is 64.7 Å². The van der Waals surface area contributed by atoms with Gasteiger partial charge in [0.15, 0.2) is 0 Å². The highest BCUT2D eigenvalue weighted by Crippen LogP contribution is 2.35. The molecular weight excluding hydrogens is 446 g/mol. The molecule has 9 heteroatoms. The summed E-state index contributed by atoms with van der Waals surface area (Å²) < 4.78 is 16.1. The lowest BCUT2D eigenvalue weighted by molar-refractivity contribution is -0.145. The van der Waals surface area contributed by atoms with Gasteiger partial charge in [-0.15, -0.1) is 0 Å². The van der Waals surface area contributed by atoms with Crippen LogP contribution in [0.5, 0.6) is 5.75 Å². The monoisotopic (exact) mass is 475 g/mol. The Hall–Kier alpha value is -2.87. The number of amides is 1. The molecule has 1 aliphatic rings. The van der Waals surface area contributed by atoms with Gasteiger partial charge in [-0.05, 0) is 65.3 Å². The third-order valence-electron chi connectivity index (χ3n) is 5.10. The van der Waals surface area contributed by atoms with E-state index in [2.05, 4.69) is 9.97 Å². The van der Waals surface area contributed by atoms with Crippen LogP contribution in [0.4, 0.5) is 4.79 Å². The number of ether oxygens (including phenoxy) is 3. The Morgan fingerprint density at radius 2 is 1.91 bits per heavy atom. The van der Waals surface area contributed by atoms with Gasteiger partial charge in [0.25, 0.3) is 0 Å². The van der Waals surface area contributed by atoms with E-state index >= 15 is 0 Å². The molecule has 0 bridgehead atoms. The molecule has 2 heterocycles. The molecule has 0 saturated carbocycles. The van der Waals surface area contributed by atoms with Crippen LogP contribution in [0.1, 0.15) is 52.7 Å². The van der Waals surface area contributed by atoms with Crippen LogP contribution >= 0.6 is 11.6 Å². The number of carbonyl (C=O) groups is 2. The van der Waals surface area contributed by atoms with Crippen molar-refractivity contribution >= 4 is 23.7 Å². The number of aromatic nitrogens is 2. The molecule has 33 heavy (non-hydrogen) atoms. The van der Waals surface area contributed by atoms with E-state index in [-0.39, 0.29) is 18.6 Å². The molecule has 8 nitrogen and oxygen atoms in total. The largest absolute Gasteiger partial charge is 0.489 e. The molecule has 1 aliphatic heterocycles. The van der Waals surface area contributed by atoms with E-state index in [1.54, 1.807) is 26.8 Å². The van der Waals surface area contributed by atoms with E-state index in [1.165, 1.54) is 18.3 Å². The summed E-state index contributed by atoms with van der Waals surface area (Å²) in [5, 5.41) is 0.490. The molecule has 0 spiro atoms. The first kappa shape index (κ1) is 24.8. The first-order chi connectivity index (χ1) is 15.5. The number of hydrogen-bond donors (Lipinski definition) is 0. The van der Waals surface area contributed by atoms with Crippen LogP contribution in [-0.4, -0.2) is 58.3 Å². The SMILES string of the molecule is COC(=O)C1CC(c2cc(-c3ccc(OC(C)C)c(Cl)c3)ncn2)CN1C(=O)OC(C)(C)C. The molecule has 1 aromatic carbocycles. The number of nitrogens with zero attached hydrogens (tertiary/aromatic N) is 3. The number of halogens is 1. The van der Waals surface area contributed by atoms with Crippen molar-refractivity contribution < 1.29 is 23.8 Å². The second-order valence-corrected chi connectivity index (χ2v) is 9.65. The highest BCUT2D eigenvalue weighted by molar-refractivity contribution is 6.32. The average molecular weight is 476 g/mol. The molecule has 1 fully saturated rings. The molecule has 2 aromatic rings. The van der Waals surface area contributed by atoms with E-state index in [4.69, 9.17) is 25.8 Å². The maximum absolute atomic E-state index is 12.7. The first-order valence-corrected chi connectivity index (χ1v) is 11.2. The Kier molecular flexibility index (Phi) is 7.47. The summed E-state index contributed by atoms with van der Waals surface area (Å²) in [6.07, 6.45) is 1.31. The van der Waals surface area contributed by atoms with Crippen LogP contribution in [-0.2, 0) is 14.3 Å². The topological polar surface area (TPSA) is 90.9 Å². The fourth-order valence-corrected chi connectivity index (χ4v) is 3.92. The van der Waals surface area contributed by atoms with Crippen molar-refractivity contribution in [2.24, 2.45) is 0 Å². The predicted octanol–water partition coefficient (Wildman–Crippen LogP) is 4.85. The Bertz CT molecular complexity index is 1020. The number of methoxy groups -OCH3 is 1. The molecular formula is C24H30ClN3O5. The summed E-state index contributed by atoms with van der Waals surface area (Å²) in [4.78, 5) is 35.3. The van der Waals surface area contributed by atoms with Crippen molar-refractivity contribution in [1.29, 1.82) is 0 Å². The van der Waals surface area contributed by atoms with Crippen molar-refractivity contribution in [3.8, 4) is 17.0 Å². The molecule has 0 N–H and O–H groups in total. The molecule has 1 saturated heterocycles. The lowest BCUT2D eigenvalue weighted by atomic mass is 10.00. The third kappa shape index (κ3) is 6.13. The maximum atomic E-state index is 12.7. The molecule has 0 radical (unpaired) electrons. The first-order valence-electron chi connectivity index (χ1n) is 10.8. The van der Waals surface area contributed by atoms with Gasteiger partial charge in [-0.2, -0.15) is 0 Å². The van der Waals surface area contributed by atoms with Crippen molar-refractivity contribution in [3.05, 3.63) is 41.3 Å². The zero-order valence-corrected chi connectivity index (χ0v) is 20.5. The number of esters is 1. The second kappa shape index (κ2) is 9.95. The van der Waals surface area contributed by atoms with Crippen LogP contribution in [0.15, 0.2) is 30.6 Å². The van der Waals surface area contributed by atoms with E-state index in [1.807, 2.05) is 32.0 Å². The summed E-state index contributed by atoms with van der Waals surface area (Å²) in [5.74, 6) is -0.0537. The number of carbonyl (C=O) groups excluding carboxylic acids is 2. The highest BCUT2D eigenvalue weighted by atomic mass is 35.5. The summed E-state index contributed by atoms with van der Waals surface area (Å²) in [6, 6.07) is 6.60. The Morgan fingerprint density at radius 3 is 2.52 bits per heavy atom. The minimum Gasteiger partial charge on any atom is -0.489 e. The minimum absolute atomic E-state index is 0.0112. The minimum atomic E-state index is -0.741. The molecule has 3 rings (SSSR count). The third-order valence-corrected chi connectivity index (χ3v) is 5.39. The molecule has 178 valence electrons. The van der Waals surface area contributed by atoms with Crippen LogP contribution in [0.3, 0.4) is 0 Å². The number of likely N-dealkylation sites (tertiary alicyclic amines) is 1. The van der Waals surface area contributed by atoms with Crippen molar-refractivity contribution in [2.75, 3.05) is 13.7 Å². The lowest BCUT2D eigenvalue weighted by Gasteiger charge is -2.27. The standard InChI is InChI=1S/C24H30ClN3O5/c1-14(2)32-21-8-7-15(9-17(21)25)18-11-19(27-13-26-18)16-10-20(22(29)31-6)28(12-16)23(30)33-24(3,4)5/h7-9,11,13-14,16,20H,10,12H2,1-6H3. The van der Waals surface area contributed by atoms with Crippen LogP contribution in [0.25, 0.3) is 11.3 Å². The fourth-order valence-electron chi connectivity index (χ4n) is 3.70. The zero-order chi connectivity index (χ0) is 24.3. The van der Waals surface area contributed by atoms with Crippen LogP contribution in [0, 0.1) is 0 Å². The molecule has 2 atom stereocenters. The maximum Gasteiger partial charge on any atom is 0.411 e. The Balaban J connectivity index is 1.85. The highest BCUT2D eigenvalue weighted by Gasteiger charge is 2.43. The Labute approximate surface area is 199 Å². The normalized spacial score (nSPS) is 18.4. The van der Waals surface area contributed by atoms with Gasteiger partial charge < -0.3 is 14.2 Å². The van der Waals surface area contributed by atoms with E-state index in [0.29, 0.717) is 22.9 Å². The second-order valence-electron chi connectivity index (χ2n) is 9.24. The van der Waals surface area contributed by atoms with Gasteiger partial charge in [-0.1, -0.05) is 11.6 Å². The van der Waals surface area contributed by atoms with Crippen LogP contribution < -0.4 is 4.74 Å². The quantitative estimate of drug-likeness (QED) is 0.571. The Morgan fingerprint density at radius 1 is 1.18 bits per heavy atom. The van der Waals surface area contributed by atoms with E-state index in [0.717, 1.165) is 11.3 Å². The average Bonchev–Trinajstić information content (AvgIpc) is 3.19. The van der Waals surface area contributed by atoms with Crippen LogP contribution in [0.2, 0.25) is 5.02 Å². The van der Waals surface area contributed by atoms with Gasteiger partial charge in [0.05, 0.1) is 23.9 Å². The van der Waals surface area contributed by atoms with Crippen molar-refractivity contribution in [1.82, 2.24) is 14.9 Å². The van der Waals surface area contributed by atoms with E-state index in [9.17, 15) is 9.59 Å². The van der Waals surface area contributed by atoms with E-state index < -0.39 is 23.7 Å². The van der Waals surface area contributed by atoms with Gasteiger partial charge in [-0.25, -0.2) is 19.6 Å². The van der Waals surface area contributed by atoms with Gasteiger partial charge in [0, 0.05) is 23.7 Å². The van der Waals surface area contributed by atoms with Crippen molar-refractivity contribution in [3.63, 3.8) is 0 Å². The van der Waals surface area contributed by atoms with Gasteiger partial charge >= 0.3 is 12.1 Å². The molecule has 2 unspecified atom stereocenters. The predicted molar refractivity (Wildman–Crippen MR) is 124 cm³/mol. The molecule has 0 aliphatic carbocycles. The molecule has 1 aromatic heterocycles. The molecule has 1 amide bonds. The zero-order valence-electron chi connectivity index (χ0n) is 19.8. The lowest BCUT2D eigenvalue weighted by Crippen LogP contribution is -2.43. The van der Waals surface area contributed by atoms with Gasteiger partial charge in [0.1, 0.15) is 23.7 Å². The summed E-state index contributed by atoms with van der Waals surface area (Å²) in [5.41, 5.74) is 1.54. The van der Waals surface area contributed by atoms with Gasteiger partial charge in [-0.3, -0.25) is 4.90 Å². The smallest absolute Gasteiger partial charge is 0.411 e. The number of hydrogen-bond acceptors (Lipinski definition) is 7. The summed E-state index contributed by atoms with van der Waals surface area (Å²) in [6.45, 7) is 9.50. The summed E-state index contributed by atoms with van der Waals surface area (Å²) in [7, 11) is 1.31.